The van der Waals surface area contributed by atoms with Crippen molar-refractivity contribution in [1.82, 2.24) is 5.32 Å². The van der Waals surface area contributed by atoms with Gasteiger partial charge in [0.2, 0.25) is 5.91 Å². The van der Waals surface area contributed by atoms with Gasteiger partial charge in [-0.05, 0) is 18.9 Å². The highest BCUT2D eigenvalue weighted by molar-refractivity contribution is 5.82. The minimum absolute atomic E-state index is 0.0212. The zero-order valence-electron chi connectivity index (χ0n) is 10.6. The third-order valence-corrected chi connectivity index (χ3v) is 3.17. The van der Waals surface area contributed by atoms with Crippen LogP contribution in [0.25, 0.3) is 0 Å². The van der Waals surface area contributed by atoms with E-state index >= 15 is 0 Å². The average Bonchev–Trinajstić information content (AvgIpc) is 3.16. The molecule has 0 spiro atoms. The van der Waals surface area contributed by atoms with Crippen molar-refractivity contribution in [2.75, 3.05) is 13.2 Å². The Morgan fingerprint density at radius 3 is 2.89 bits per heavy atom. The van der Waals surface area contributed by atoms with Gasteiger partial charge in [0.1, 0.15) is 0 Å². The fraction of sp³-hybridized carbons (Fsp3) is 0.500. The molecule has 1 aliphatic carbocycles. The van der Waals surface area contributed by atoms with Gasteiger partial charge in [0.05, 0.1) is 12.0 Å². The molecular formula is C14H20N2O2. The SMILES string of the molecule is CCOC1CC1C(=O)NCC(N)c1ccccc1. The highest BCUT2D eigenvalue weighted by atomic mass is 16.5. The number of hydrogen-bond donors (Lipinski definition) is 2. The van der Waals surface area contributed by atoms with E-state index in [1.807, 2.05) is 37.3 Å². The van der Waals surface area contributed by atoms with Gasteiger partial charge < -0.3 is 15.8 Å². The molecule has 1 saturated carbocycles. The predicted molar refractivity (Wildman–Crippen MR) is 69.9 cm³/mol. The van der Waals surface area contributed by atoms with Crippen LogP contribution in [0.1, 0.15) is 24.9 Å². The molecule has 4 heteroatoms. The van der Waals surface area contributed by atoms with Crippen LogP contribution in [-0.4, -0.2) is 25.2 Å². The van der Waals surface area contributed by atoms with Crippen LogP contribution in [0, 0.1) is 5.92 Å². The second-order valence-electron chi connectivity index (χ2n) is 4.60. The molecule has 3 atom stereocenters. The van der Waals surface area contributed by atoms with Crippen molar-refractivity contribution in [3.05, 3.63) is 35.9 Å². The van der Waals surface area contributed by atoms with Crippen LogP contribution in [0.5, 0.6) is 0 Å². The van der Waals surface area contributed by atoms with E-state index in [2.05, 4.69) is 5.32 Å². The number of ether oxygens (including phenoxy) is 1. The Kier molecular flexibility index (Phi) is 4.33. The smallest absolute Gasteiger partial charge is 0.225 e. The molecule has 18 heavy (non-hydrogen) atoms. The molecule has 2 rings (SSSR count). The molecule has 1 amide bonds. The van der Waals surface area contributed by atoms with Crippen LogP contribution >= 0.6 is 0 Å². The minimum atomic E-state index is -0.153. The fourth-order valence-electron chi connectivity index (χ4n) is 2.01. The summed E-state index contributed by atoms with van der Waals surface area (Å²) in [6.45, 7) is 3.08. The highest BCUT2D eigenvalue weighted by Gasteiger charge is 2.43. The summed E-state index contributed by atoms with van der Waals surface area (Å²) in [4.78, 5) is 11.8. The molecule has 4 nitrogen and oxygen atoms in total. The highest BCUT2D eigenvalue weighted by Crippen LogP contribution is 2.33. The van der Waals surface area contributed by atoms with E-state index in [1.165, 1.54) is 0 Å². The second-order valence-corrected chi connectivity index (χ2v) is 4.60. The first-order valence-corrected chi connectivity index (χ1v) is 6.42. The number of benzene rings is 1. The number of rotatable bonds is 6. The molecule has 3 unspecified atom stereocenters. The van der Waals surface area contributed by atoms with Crippen LogP contribution in [0.4, 0.5) is 0 Å². The Morgan fingerprint density at radius 2 is 2.22 bits per heavy atom. The van der Waals surface area contributed by atoms with Gasteiger partial charge in [-0.1, -0.05) is 30.3 Å². The Morgan fingerprint density at radius 1 is 1.50 bits per heavy atom. The lowest BCUT2D eigenvalue weighted by molar-refractivity contribution is -0.123. The van der Waals surface area contributed by atoms with Crippen LogP contribution in [-0.2, 0) is 9.53 Å². The van der Waals surface area contributed by atoms with E-state index in [0.717, 1.165) is 12.0 Å². The maximum atomic E-state index is 11.8. The predicted octanol–water partition coefficient (Wildman–Crippen LogP) is 1.23. The van der Waals surface area contributed by atoms with Gasteiger partial charge in [-0.2, -0.15) is 0 Å². The zero-order valence-corrected chi connectivity index (χ0v) is 10.6. The molecule has 0 bridgehead atoms. The summed E-state index contributed by atoms with van der Waals surface area (Å²) in [5.41, 5.74) is 7.05. The third kappa shape index (κ3) is 3.31. The fourth-order valence-corrected chi connectivity index (χ4v) is 2.01. The molecule has 98 valence electrons. The van der Waals surface area contributed by atoms with Crippen molar-refractivity contribution in [3.63, 3.8) is 0 Å². The lowest BCUT2D eigenvalue weighted by Crippen LogP contribution is -2.33. The monoisotopic (exact) mass is 248 g/mol. The first-order valence-electron chi connectivity index (χ1n) is 6.42. The summed E-state index contributed by atoms with van der Waals surface area (Å²) >= 11 is 0. The summed E-state index contributed by atoms with van der Waals surface area (Å²) < 4.78 is 5.39. The molecule has 0 aliphatic heterocycles. The molecule has 3 N–H and O–H groups in total. The average molecular weight is 248 g/mol. The number of hydrogen-bond acceptors (Lipinski definition) is 3. The summed E-state index contributed by atoms with van der Waals surface area (Å²) in [5, 5.41) is 2.89. The van der Waals surface area contributed by atoms with Crippen LogP contribution in [0.2, 0.25) is 0 Å². The Balaban J connectivity index is 1.74. The number of carbonyl (C=O) groups excluding carboxylic acids is 1. The van der Waals surface area contributed by atoms with Crippen LogP contribution in [0.15, 0.2) is 30.3 Å². The van der Waals surface area contributed by atoms with Gasteiger partial charge in [-0.25, -0.2) is 0 Å². The molecule has 1 aliphatic rings. The van der Waals surface area contributed by atoms with E-state index in [9.17, 15) is 4.79 Å². The van der Waals surface area contributed by atoms with Gasteiger partial charge in [0.15, 0.2) is 0 Å². The van der Waals surface area contributed by atoms with Crippen LogP contribution in [0.3, 0.4) is 0 Å². The van der Waals surface area contributed by atoms with Crippen molar-refractivity contribution in [3.8, 4) is 0 Å². The summed E-state index contributed by atoms with van der Waals surface area (Å²) in [5.74, 6) is 0.0766. The second kappa shape index (κ2) is 5.98. The van der Waals surface area contributed by atoms with Crippen molar-refractivity contribution in [2.24, 2.45) is 11.7 Å². The molecule has 0 aromatic heterocycles. The van der Waals surface area contributed by atoms with Gasteiger partial charge in [-0.3, -0.25) is 4.79 Å². The maximum Gasteiger partial charge on any atom is 0.225 e. The van der Waals surface area contributed by atoms with Gasteiger partial charge in [-0.15, -0.1) is 0 Å². The molecule has 1 aromatic rings. The van der Waals surface area contributed by atoms with E-state index < -0.39 is 0 Å². The van der Waals surface area contributed by atoms with Crippen molar-refractivity contribution in [1.29, 1.82) is 0 Å². The third-order valence-electron chi connectivity index (χ3n) is 3.17. The molecule has 0 radical (unpaired) electrons. The minimum Gasteiger partial charge on any atom is -0.378 e. The first-order chi connectivity index (χ1) is 8.72. The molecule has 1 fully saturated rings. The van der Waals surface area contributed by atoms with E-state index in [4.69, 9.17) is 10.5 Å². The Hall–Kier alpha value is -1.39. The molecular weight excluding hydrogens is 228 g/mol. The topological polar surface area (TPSA) is 64.3 Å². The van der Waals surface area contributed by atoms with E-state index in [1.54, 1.807) is 0 Å². The first kappa shape index (κ1) is 13.1. The normalized spacial score (nSPS) is 23.4. The number of nitrogens with one attached hydrogen (secondary N) is 1. The number of carbonyl (C=O) groups is 1. The number of amides is 1. The van der Waals surface area contributed by atoms with E-state index in [0.29, 0.717) is 13.2 Å². The molecule has 0 heterocycles. The lowest BCUT2D eigenvalue weighted by atomic mass is 10.1. The summed E-state index contributed by atoms with van der Waals surface area (Å²) in [6, 6.07) is 9.63. The Labute approximate surface area is 108 Å². The zero-order chi connectivity index (χ0) is 13.0. The quantitative estimate of drug-likeness (QED) is 0.795. The molecule has 0 saturated heterocycles. The molecule has 1 aromatic carbocycles. The van der Waals surface area contributed by atoms with Crippen molar-refractivity contribution in [2.45, 2.75) is 25.5 Å². The standard InChI is InChI=1S/C14H20N2O2/c1-2-18-13-8-11(13)14(17)16-9-12(15)10-6-4-3-5-7-10/h3-7,11-13H,2,8-9,15H2,1H3,(H,16,17). The van der Waals surface area contributed by atoms with Crippen molar-refractivity contribution >= 4 is 5.91 Å². The maximum absolute atomic E-state index is 11.8. The van der Waals surface area contributed by atoms with Gasteiger partial charge >= 0.3 is 0 Å². The van der Waals surface area contributed by atoms with Gasteiger partial charge in [0, 0.05) is 19.2 Å². The van der Waals surface area contributed by atoms with Gasteiger partial charge in [0.25, 0.3) is 0 Å². The summed E-state index contributed by atoms with van der Waals surface area (Å²) in [7, 11) is 0. The van der Waals surface area contributed by atoms with E-state index in [-0.39, 0.29) is 24.0 Å². The number of nitrogens with two attached hydrogens (primary N) is 1. The summed E-state index contributed by atoms with van der Waals surface area (Å²) in [6.07, 6.45) is 0.947. The van der Waals surface area contributed by atoms with Crippen LogP contribution < -0.4 is 11.1 Å². The lowest BCUT2D eigenvalue weighted by Gasteiger charge is -2.13. The largest absolute Gasteiger partial charge is 0.378 e. The Bertz CT molecular complexity index is 394. The van der Waals surface area contributed by atoms with Crippen molar-refractivity contribution < 1.29 is 9.53 Å².